The van der Waals surface area contributed by atoms with Crippen LogP contribution in [0.4, 0.5) is 65.9 Å². The number of nitrogens with zero attached hydrogens (tertiary/aromatic N) is 1. The van der Waals surface area contributed by atoms with Crippen LogP contribution in [-0.4, -0.2) is 75.3 Å². The molecule has 0 fully saturated rings. The minimum atomic E-state index is -8.33. The smallest absolute Gasteiger partial charge is 0.396 e. The van der Waals surface area contributed by atoms with E-state index in [4.69, 9.17) is 4.43 Å². The van der Waals surface area contributed by atoms with Crippen LogP contribution in [0, 0.1) is 5.92 Å². The molecule has 0 rings (SSSR count). The van der Waals surface area contributed by atoms with Gasteiger partial charge in [-0.25, -0.2) is 0 Å². The second-order valence-corrected chi connectivity index (χ2v) is 14.4. The van der Waals surface area contributed by atoms with Crippen molar-refractivity contribution in [1.82, 2.24) is 4.90 Å². The topological polar surface area (TPSA) is 12.5 Å². The lowest BCUT2D eigenvalue weighted by molar-refractivity contribution is -0.457. The first-order valence-corrected chi connectivity index (χ1v) is 12.8. The van der Waals surface area contributed by atoms with E-state index in [1.807, 2.05) is 0 Å². The van der Waals surface area contributed by atoms with Crippen LogP contribution < -0.4 is 0 Å². The Labute approximate surface area is 198 Å². The Morgan fingerprint density at radius 3 is 1.17 bits per heavy atom. The van der Waals surface area contributed by atoms with E-state index in [0.29, 0.717) is 14.1 Å². The van der Waals surface area contributed by atoms with Crippen LogP contribution in [0.2, 0.25) is 18.1 Å². The maximum atomic E-state index is 14.8. The Morgan fingerprint density at radius 2 is 0.889 bits per heavy atom. The highest BCUT2D eigenvalue weighted by Gasteiger charge is 2.94. The van der Waals surface area contributed by atoms with Crippen molar-refractivity contribution in [3.8, 4) is 0 Å². The summed E-state index contributed by atoms with van der Waals surface area (Å²) in [6.07, 6.45) is -11.2. The van der Waals surface area contributed by atoms with Crippen molar-refractivity contribution in [3.05, 3.63) is 0 Å². The highest BCUT2D eigenvalue weighted by molar-refractivity contribution is 6.74. The molecule has 218 valence electrons. The molecule has 0 bridgehead atoms. The van der Waals surface area contributed by atoms with Gasteiger partial charge in [-0.05, 0) is 38.1 Å². The molecule has 2 nitrogen and oxygen atoms in total. The van der Waals surface area contributed by atoms with Crippen LogP contribution in [0.1, 0.15) is 27.7 Å². The first kappa shape index (κ1) is 35.1. The van der Waals surface area contributed by atoms with Crippen molar-refractivity contribution in [2.24, 2.45) is 5.92 Å². The van der Waals surface area contributed by atoms with Gasteiger partial charge in [0, 0.05) is 0 Å². The lowest BCUT2D eigenvalue weighted by Crippen LogP contribution is -2.75. The summed E-state index contributed by atoms with van der Waals surface area (Å²) >= 11 is 0. The normalized spacial score (nSPS) is 17.2. The first-order chi connectivity index (χ1) is 15.2. The second-order valence-electron chi connectivity index (χ2n) is 9.81. The van der Waals surface area contributed by atoms with E-state index in [-0.39, 0.29) is 4.90 Å². The van der Waals surface area contributed by atoms with Crippen LogP contribution in [0.3, 0.4) is 0 Å². The predicted octanol–water partition coefficient (Wildman–Crippen LogP) is 7.91. The van der Waals surface area contributed by atoms with Gasteiger partial charge in [0.1, 0.15) is 0 Å². The highest BCUT2D eigenvalue weighted by atomic mass is 28.4. The number of hydrogen-bond acceptors (Lipinski definition) is 2. The van der Waals surface area contributed by atoms with Crippen molar-refractivity contribution >= 4 is 8.32 Å². The van der Waals surface area contributed by atoms with Crippen molar-refractivity contribution < 1.29 is 70.3 Å². The summed E-state index contributed by atoms with van der Waals surface area (Å²) in [7, 11) is -2.62. The molecule has 1 atom stereocenters. The fourth-order valence-corrected chi connectivity index (χ4v) is 5.37. The van der Waals surface area contributed by atoms with Crippen molar-refractivity contribution in [3.63, 3.8) is 0 Å². The van der Waals surface area contributed by atoms with Crippen molar-refractivity contribution in [1.29, 1.82) is 0 Å². The SMILES string of the molecule is CC(C)C(C)(C)[Si](C)(C)OC(N(C)C)C(F)(F)C(F)(F)C(F)(F)C(F)(F)C(F)(F)C(F)(F)C(F)(F)F. The highest BCUT2D eigenvalue weighted by Crippen LogP contribution is 2.63. The van der Waals surface area contributed by atoms with E-state index in [1.54, 1.807) is 13.8 Å². The summed E-state index contributed by atoms with van der Waals surface area (Å²) in [5, 5.41) is -1.08. The first-order valence-electron chi connectivity index (χ1n) is 9.91. The number of hydrogen-bond donors (Lipinski definition) is 0. The predicted molar refractivity (Wildman–Crippen MR) is 101 cm³/mol. The van der Waals surface area contributed by atoms with Crippen LogP contribution in [0.25, 0.3) is 0 Å². The molecule has 0 aliphatic rings. The fourth-order valence-electron chi connectivity index (χ4n) is 2.76. The maximum absolute atomic E-state index is 14.8. The molecule has 0 heterocycles. The molecule has 0 N–H and O–H groups in total. The van der Waals surface area contributed by atoms with Gasteiger partial charge in [-0.1, -0.05) is 27.7 Å². The minimum absolute atomic E-state index is 0.0236. The molecular weight excluding hydrogens is 559 g/mol. The maximum Gasteiger partial charge on any atom is 0.460 e. The van der Waals surface area contributed by atoms with E-state index >= 15 is 0 Å². The summed E-state index contributed by atoms with van der Waals surface area (Å²) < 4.78 is 209. The zero-order valence-electron chi connectivity index (χ0n) is 20.2. The molecule has 0 spiro atoms. The monoisotopic (exact) mass is 585 g/mol. The third-order valence-electron chi connectivity index (χ3n) is 6.53. The number of alkyl halides is 15. The van der Waals surface area contributed by atoms with E-state index in [1.165, 1.54) is 26.9 Å². The van der Waals surface area contributed by atoms with Crippen molar-refractivity contribution in [2.45, 2.75) is 93.8 Å². The fraction of sp³-hybridized carbons (Fsp3) is 1.00. The summed E-state index contributed by atoms with van der Waals surface area (Å²) in [4.78, 5) is 0.0236. The molecular formula is C18H26F15NOSi. The molecule has 0 aromatic rings. The number of rotatable bonds is 11. The quantitative estimate of drug-likeness (QED) is 0.139. The molecule has 0 aromatic carbocycles. The molecule has 0 aliphatic heterocycles. The molecule has 0 amide bonds. The van der Waals surface area contributed by atoms with Gasteiger partial charge in [0.25, 0.3) is 0 Å². The Kier molecular flexibility index (Phi) is 9.14. The van der Waals surface area contributed by atoms with Gasteiger partial charge in [0.15, 0.2) is 14.5 Å². The average Bonchev–Trinajstić information content (AvgIpc) is 2.63. The average molecular weight is 585 g/mol. The third-order valence-corrected chi connectivity index (χ3v) is 11.0. The van der Waals surface area contributed by atoms with Crippen LogP contribution in [0.15, 0.2) is 0 Å². The van der Waals surface area contributed by atoms with Crippen molar-refractivity contribution in [2.75, 3.05) is 14.1 Å². The van der Waals surface area contributed by atoms with Crippen LogP contribution in [0.5, 0.6) is 0 Å². The Bertz CT molecular complexity index is 775. The standard InChI is InChI=1S/C18H26F15NOSi/c1-9(2)11(3,4)36(7,8)35-10(34(5)6)12(19,20)13(21,22)14(23,24)15(25,26)16(27,28)17(29,30)18(31,32)33/h9-10H,1-8H3. The van der Waals surface area contributed by atoms with E-state index in [0.717, 1.165) is 0 Å². The zero-order valence-corrected chi connectivity index (χ0v) is 21.2. The molecule has 0 saturated heterocycles. The Balaban J connectivity index is 6.91. The second kappa shape index (κ2) is 9.38. The molecule has 18 heteroatoms. The van der Waals surface area contributed by atoms with Gasteiger partial charge in [-0.15, -0.1) is 0 Å². The van der Waals surface area contributed by atoms with Gasteiger partial charge in [-0.2, -0.15) is 65.9 Å². The lowest BCUT2D eigenvalue weighted by atomic mass is 9.90. The molecule has 0 aliphatic carbocycles. The van der Waals surface area contributed by atoms with Crippen LogP contribution in [-0.2, 0) is 4.43 Å². The van der Waals surface area contributed by atoms with E-state index < -0.39 is 67.2 Å². The summed E-state index contributed by atoms with van der Waals surface area (Å²) in [6.45, 7) is 8.29. The zero-order chi connectivity index (χ0) is 29.9. The Hall–Kier alpha value is -0.913. The lowest BCUT2D eigenvalue weighted by Gasteiger charge is -2.48. The molecule has 0 aromatic heterocycles. The minimum Gasteiger partial charge on any atom is -0.396 e. The molecule has 0 radical (unpaired) electrons. The Morgan fingerprint density at radius 1 is 0.583 bits per heavy atom. The summed E-state index contributed by atoms with van der Waals surface area (Å²) in [5.74, 6) is -47.3. The van der Waals surface area contributed by atoms with Gasteiger partial charge in [0.2, 0.25) is 0 Å². The summed E-state index contributed by atoms with van der Waals surface area (Å²) in [6, 6.07) is 0. The van der Waals surface area contributed by atoms with Gasteiger partial charge >= 0.3 is 41.7 Å². The van der Waals surface area contributed by atoms with E-state index in [2.05, 4.69) is 0 Å². The van der Waals surface area contributed by atoms with Gasteiger partial charge < -0.3 is 4.43 Å². The van der Waals surface area contributed by atoms with Crippen LogP contribution >= 0.6 is 0 Å². The molecule has 0 saturated carbocycles. The van der Waals surface area contributed by atoms with Gasteiger partial charge in [-0.3, -0.25) is 4.90 Å². The molecule has 1 unspecified atom stereocenters. The number of halogens is 15. The molecule has 36 heavy (non-hydrogen) atoms. The largest absolute Gasteiger partial charge is 0.460 e. The van der Waals surface area contributed by atoms with E-state index in [9.17, 15) is 65.9 Å². The third kappa shape index (κ3) is 4.93. The van der Waals surface area contributed by atoms with Gasteiger partial charge in [0.05, 0.1) is 0 Å². The summed E-state index contributed by atoms with van der Waals surface area (Å²) in [5.41, 5.74) is 0.